The number of carboxylic acids is 1. The Morgan fingerprint density at radius 3 is 2.35 bits per heavy atom. The Morgan fingerprint density at radius 2 is 1.74 bits per heavy atom. The first-order valence-electron chi connectivity index (χ1n) is 7.26. The summed E-state index contributed by atoms with van der Waals surface area (Å²) in [5.41, 5.74) is 8.98. The third-order valence-corrected chi connectivity index (χ3v) is 3.56. The van der Waals surface area contributed by atoms with E-state index in [1.807, 2.05) is 17.0 Å². The first-order valence-corrected chi connectivity index (χ1v) is 7.26. The fourth-order valence-electron chi connectivity index (χ4n) is 2.42. The Hall–Kier alpha value is -2.57. The van der Waals surface area contributed by atoms with Gasteiger partial charge in [-0.3, -0.25) is 0 Å². The van der Waals surface area contributed by atoms with Crippen molar-refractivity contribution in [2.75, 3.05) is 36.9 Å². The lowest BCUT2D eigenvalue weighted by atomic mass is 10.0. The molecule has 2 rings (SSSR count). The maximum absolute atomic E-state index is 11.1. The normalized spacial score (nSPS) is 10.5. The minimum absolute atomic E-state index is 0.0335. The van der Waals surface area contributed by atoms with Crippen LogP contribution in [0.4, 0.5) is 11.4 Å². The Balaban J connectivity index is 2.44. The predicted octanol–water partition coefficient (Wildman–Crippen LogP) is 1.42. The molecule has 0 aliphatic heterocycles. The molecular weight excluding hydrogens is 296 g/mol. The molecule has 5 N–H and O–H groups in total. The quantitative estimate of drug-likeness (QED) is 0.576. The highest BCUT2D eigenvalue weighted by atomic mass is 16.4. The number of nitrogens with two attached hydrogens (primary N) is 1. The summed E-state index contributed by atoms with van der Waals surface area (Å²) in [5, 5.41) is 27.4. The Morgan fingerprint density at radius 1 is 1.04 bits per heavy atom. The summed E-state index contributed by atoms with van der Waals surface area (Å²) in [4.78, 5) is 13.0. The van der Waals surface area contributed by atoms with Crippen molar-refractivity contribution in [1.29, 1.82) is 0 Å². The first kappa shape index (κ1) is 16.8. The first-order chi connectivity index (χ1) is 11.1. The van der Waals surface area contributed by atoms with Gasteiger partial charge in [-0.2, -0.15) is 0 Å². The SMILES string of the molecule is Nc1ccc(N(CCO)CCO)cc1-c1cccc(C(=O)O)c1. The highest BCUT2D eigenvalue weighted by Crippen LogP contribution is 2.31. The molecule has 0 aliphatic carbocycles. The smallest absolute Gasteiger partial charge is 0.335 e. The van der Waals surface area contributed by atoms with Crippen molar-refractivity contribution >= 4 is 17.3 Å². The molecule has 6 nitrogen and oxygen atoms in total. The number of aliphatic hydroxyl groups excluding tert-OH is 2. The number of rotatable bonds is 7. The van der Waals surface area contributed by atoms with E-state index in [9.17, 15) is 4.79 Å². The van der Waals surface area contributed by atoms with Gasteiger partial charge >= 0.3 is 5.97 Å². The van der Waals surface area contributed by atoms with E-state index in [4.69, 9.17) is 21.1 Å². The van der Waals surface area contributed by atoms with Gasteiger partial charge in [0.2, 0.25) is 0 Å². The number of aliphatic hydroxyl groups is 2. The highest BCUT2D eigenvalue weighted by molar-refractivity contribution is 5.90. The third kappa shape index (κ3) is 4.00. The van der Waals surface area contributed by atoms with Crippen LogP contribution in [0.15, 0.2) is 42.5 Å². The number of hydrogen-bond donors (Lipinski definition) is 4. The molecule has 0 saturated carbocycles. The molecule has 0 aliphatic rings. The van der Waals surface area contributed by atoms with E-state index in [2.05, 4.69) is 0 Å². The fourth-order valence-corrected chi connectivity index (χ4v) is 2.42. The zero-order valence-corrected chi connectivity index (χ0v) is 12.6. The number of carboxylic acid groups (broad SMARTS) is 1. The van der Waals surface area contributed by atoms with Gasteiger partial charge in [-0.05, 0) is 35.9 Å². The van der Waals surface area contributed by atoms with Crippen LogP contribution in [0.25, 0.3) is 11.1 Å². The highest BCUT2D eigenvalue weighted by Gasteiger charge is 2.11. The lowest BCUT2D eigenvalue weighted by Crippen LogP contribution is -2.29. The van der Waals surface area contributed by atoms with Crippen LogP contribution in [0, 0.1) is 0 Å². The van der Waals surface area contributed by atoms with E-state index in [0.717, 1.165) is 5.69 Å². The lowest BCUT2D eigenvalue weighted by Gasteiger charge is -2.24. The van der Waals surface area contributed by atoms with Crippen LogP contribution in [0.2, 0.25) is 0 Å². The second kappa shape index (κ2) is 7.62. The minimum atomic E-state index is -0.997. The average molecular weight is 316 g/mol. The number of nitrogen functional groups attached to an aromatic ring is 1. The molecule has 0 spiro atoms. The van der Waals surface area contributed by atoms with Crippen molar-refractivity contribution in [3.05, 3.63) is 48.0 Å². The van der Waals surface area contributed by atoms with Gasteiger partial charge < -0.3 is 26.0 Å². The largest absolute Gasteiger partial charge is 0.478 e. The summed E-state index contributed by atoms with van der Waals surface area (Å²) in [6.07, 6.45) is 0. The van der Waals surface area contributed by atoms with Gasteiger partial charge in [0.25, 0.3) is 0 Å². The van der Waals surface area contributed by atoms with Gasteiger partial charge in [0.1, 0.15) is 0 Å². The second-order valence-electron chi connectivity index (χ2n) is 5.09. The van der Waals surface area contributed by atoms with Crippen molar-refractivity contribution in [1.82, 2.24) is 0 Å². The van der Waals surface area contributed by atoms with Crippen LogP contribution in [-0.4, -0.2) is 47.6 Å². The number of benzene rings is 2. The van der Waals surface area contributed by atoms with Crippen molar-refractivity contribution in [3.8, 4) is 11.1 Å². The van der Waals surface area contributed by atoms with Crippen molar-refractivity contribution in [3.63, 3.8) is 0 Å². The molecule has 2 aromatic rings. The summed E-state index contributed by atoms with van der Waals surface area (Å²) in [6, 6.07) is 11.9. The molecular formula is C17H20N2O4. The van der Waals surface area contributed by atoms with E-state index in [1.54, 1.807) is 24.3 Å². The summed E-state index contributed by atoms with van der Waals surface area (Å²) < 4.78 is 0. The Bertz CT molecular complexity index is 682. The third-order valence-electron chi connectivity index (χ3n) is 3.56. The van der Waals surface area contributed by atoms with E-state index in [0.29, 0.717) is 29.9 Å². The number of anilines is 2. The van der Waals surface area contributed by atoms with Gasteiger partial charge in [-0.25, -0.2) is 4.79 Å². The summed E-state index contributed by atoms with van der Waals surface area (Å²) in [7, 11) is 0. The van der Waals surface area contributed by atoms with Crippen molar-refractivity contribution < 1.29 is 20.1 Å². The van der Waals surface area contributed by atoms with Crippen LogP contribution in [0.1, 0.15) is 10.4 Å². The number of hydrogen-bond acceptors (Lipinski definition) is 5. The van der Waals surface area contributed by atoms with E-state index in [-0.39, 0.29) is 18.8 Å². The summed E-state index contributed by atoms with van der Waals surface area (Å²) >= 11 is 0. The topological polar surface area (TPSA) is 107 Å². The average Bonchev–Trinajstić information content (AvgIpc) is 2.55. The maximum atomic E-state index is 11.1. The molecule has 122 valence electrons. The van der Waals surface area contributed by atoms with Gasteiger partial charge in [0, 0.05) is 30.0 Å². The Kier molecular flexibility index (Phi) is 5.56. The van der Waals surface area contributed by atoms with Crippen molar-refractivity contribution in [2.45, 2.75) is 0 Å². The molecule has 0 aromatic heterocycles. The summed E-state index contributed by atoms with van der Waals surface area (Å²) in [6.45, 7) is 0.709. The second-order valence-corrected chi connectivity index (χ2v) is 5.09. The zero-order valence-electron chi connectivity index (χ0n) is 12.6. The van der Waals surface area contributed by atoms with Gasteiger partial charge in [-0.1, -0.05) is 12.1 Å². The molecule has 23 heavy (non-hydrogen) atoms. The van der Waals surface area contributed by atoms with E-state index < -0.39 is 5.97 Å². The van der Waals surface area contributed by atoms with Crippen LogP contribution >= 0.6 is 0 Å². The van der Waals surface area contributed by atoms with Gasteiger partial charge in [0.05, 0.1) is 18.8 Å². The molecule has 0 radical (unpaired) electrons. The molecule has 0 unspecified atom stereocenters. The van der Waals surface area contributed by atoms with Gasteiger partial charge in [0.15, 0.2) is 0 Å². The summed E-state index contributed by atoms with van der Waals surface area (Å²) in [5.74, 6) is -0.997. The lowest BCUT2D eigenvalue weighted by molar-refractivity contribution is 0.0697. The molecule has 0 atom stereocenters. The number of nitrogens with zero attached hydrogens (tertiary/aromatic N) is 1. The number of aromatic carboxylic acids is 1. The molecule has 0 amide bonds. The van der Waals surface area contributed by atoms with Crippen LogP contribution in [-0.2, 0) is 0 Å². The van der Waals surface area contributed by atoms with E-state index >= 15 is 0 Å². The molecule has 2 aromatic carbocycles. The minimum Gasteiger partial charge on any atom is -0.478 e. The zero-order chi connectivity index (χ0) is 16.8. The molecule has 0 saturated heterocycles. The van der Waals surface area contributed by atoms with Crippen molar-refractivity contribution in [2.24, 2.45) is 0 Å². The number of carbonyl (C=O) groups is 1. The predicted molar refractivity (Wildman–Crippen MR) is 89.6 cm³/mol. The monoisotopic (exact) mass is 316 g/mol. The molecule has 0 bridgehead atoms. The van der Waals surface area contributed by atoms with Gasteiger partial charge in [-0.15, -0.1) is 0 Å². The van der Waals surface area contributed by atoms with E-state index in [1.165, 1.54) is 6.07 Å². The van der Waals surface area contributed by atoms with Crippen LogP contribution in [0.3, 0.4) is 0 Å². The van der Waals surface area contributed by atoms with Crippen LogP contribution < -0.4 is 10.6 Å². The molecule has 0 fully saturated rings. The Labute approximate surface area is 134 Å². The fraction of sp³-hybridized carbons (Fsp3) is 0.235. The standard InChI is InChI=1S/C17H20N2O4/c18-16-5-4-14(19(6-8-20)7-9-21)11-15(16)12-2-1-3-13(10-12)17(22)23/h1-5,10-11,20-21H,6-9,18H2,(H,22,23). The maximum Gasteiger partial charge on any atom is 0.335 e. The van der Waals surface area contributed by atoms with Crippen LogP contribution in [0.5, 0.6) is 0 Å². The molecule has 6 heteroatoms. The molecule has 0 heterocycles.